The summed E-state index contributed by atoms with van der Waals surface area (Å²) in [6.45, 7) is 0.279. The summed E-state index contributed by atoms with van der Waals surface area (Å²) >= 11 is 12.5. The quantitative estimate of drug-likeness (QED) is 0.438. The minimum atomic E-state index is -0.414. The summed E-state index contributed by atoms with van der Waals surface area (Å²) in [6, 6.07) is 6.68. The van der Waals surface area contributed by atoms with Crippen molar-refractivity contribution in [3.05, 3.63) is 60.2 Å². The monoisotopic (exact) mass is 419 g/mol. The number of hydrogen-bond acceptors (Lipinski definition) is 4. The maximum Gasteiger partial charge on any atom is 0.275 e. The molecule has 0 aliphatic rings. The molecule has 1 N–H and O–H groups in total. The lowest BCUT2D eigenvalue weighted by atomic mass is 10.2. The summed E-state index contributed by atoms with van der Waals surface area (Å²) in [5, 5.41) is 14.4. The third-order valence-electron chi connectivity index (χ3n) is 2.52. The average molecular weight is 421 g/mol. The molecule has 0 unspecified atom stereocenters. The molecule has 0 saturated heterocycles. The first-order valence-electron chi connectivity index (χ1n) is 5.45. The van der Waals surface area contributed by atoms with Crippen LogP contribution in [0.2, 0.25) is 5.15 Å². The number of nitro groups is 1. The number of rotatable bonds is 4. The van der Waals surface area contributed by atoms with Gasteiger partial charge in [0.15, 0.2) is 5.15 Å². The van der Waals surface area contributed by atoms with Crippen LogP contribution >= 0.6 is 43.5 Å². The number of nitrogens with one attached hydrogen (secondary N) is 1. The molecule has 2 rings (SSSR count). The third-order valence-corrected chi connectivity index (χ3v) is 3.75. The van der Waals surface area contributed by atoms with E-state index in [0.29, 0.717) is 20.9 Å². The molecular formula is C12H8Br2ClN3O2. The van der Waals surface area contributed by atoms with Crippen molar-refractivity contribution in [2.75, 3.05) is 5.32 Å². The minimum absolute atomic E-state index is 0.0472. The molecule has 1 aromatic heterocycles. The van der Waals surface area contributed by atoms with E-state index in [1.54, 1.807) is 24.4 Å². The molecule has 0 amide bonds. The van der Waals surface area contributed by atoms with Gasteiger partial charge in [-0.15, -0.1) is 0 Å². The highest BCUT2D eigenvalue weighted by atomic mass is 79.9. The van der Waals surface area contributed by atoms with E-state index in [4.69, 9.17) is 11.6 Å². The fourth-order valence-corrected chi connectivity index (χ4v) is 2.44. The van der Waals surface area contributed by atoms with Crippen LogP contribution in [0.15, 0.2) is 39.4 Å². The van der Waals surface area contributed by atoms with Crippen molar-refractivity contribution in [1.82, 2.24) is 4.98 Å². The molecule has 8 heteroatoms. The summed E-state index contributed by atoms with van der Waals surface area (Å²) in [6.07, 6.45) is 1.58. The lowest BCUT2D eigenvalue weighted by molar-refractivity contribution is -0.385. The highest BCUT2D eigenvalue weighted by Gasteiger charge is 2.14. The first kappa shape index (κ1) is 15.2. The first-order chi connectivity index (χ1) is 9.47. The Hall–Kier alpha value is -1.18. The zero-order valence-electron chi connectivity index (χ0n) is 9.94. The SMILES string of the molecule is O=[N+]([O-])c1cc(Br)ccc1CNc1cc(Br)cnc1Cl. The number of halogens is 3. The maximum atomic E-state index is 11.0. The number of nitro benzene ring substituents is 1. The van der Waals surface area contributed by atoms with Crippen LogP contribution in [0.3, 0.4) is 0 Å². The van der Waals surface area contributed by atoms with Gasteiger partial charge < -0.3 is 5.32 Å². The number of pyridine rings is 1. The second-order valence-corrected chi connectivity index (χ2v) is 6.06. The van der Waals surface area contributed by atoms with Crippen molar-refractivity contribution in [3.8, 4) is 0 Å². The van der Waals surface area contributed by atoms with Gasteiger partial charge in [0.1, 0.15) is 0 Å². The van der Waals surface area contributed by atoms with E-state index in [-0.39, 0.29) is 12.2 Å². The second kappa shape index (κ2) is 6.51. The number of nitrogens with zero attached hydrogens (tertiary/aromatic N) is 2. The number of benzene rings is 1. The Kier molecular flexibility index (Phi) is 4.95. The lowest BCUT2D eigenvalue weighted by Gasteiger charge is -2.09. The predicted octanol–water partition coefficient (Wildman–Crippen LogP) is 4.78. The van der Waals surface area contributed by atoms with Gasteiger partial charge in [0.05, 0.1) is 10.6 Å². The van der Waals surface area contributed by atoms with E-state index in [1.807, 2.05) is 0 Å². The van der Waals surface area contributed by atoms with Gasteiger partial charge in [0.25, 0.3) is 5.69 Å². The molecule has 0 bridgehead atoms. The van der Waals surface area contributed by atoms with E-state index < -0.39 is 4.92 Å². The highest BCUT2D eigenvalue weighted by Crippen LogP contribution is 2.27. The van der Waals surface area contributed by atoms with E-state index in [9.17, 15) is 10.1 Å². The second-order valence-electron chi connectivity index (χ2n) is 3.88. The Morgan fingerprint density at radius 3 is 2.75 bits per heavy atom. The van der Waals surface area contributed by atoms with Crippen molar-refractivity contribution >= 4 is 54.8 Å². The molecule has 5 nitrogen and oxygen atoms in total. The Morgan fingerprint density at radius 2 is 2.05 bits per heavy atom. The molecule has 0 radical (unpaired) electrons. The molecule has 0 aliphatic heterocycles. The van der Waals surface area contributed by atoms with Crippen LogP contribution in [0.4, 0.5) is 11.4 Å². The Bertz CT molecular complexity index is 667. The molecule has 1 aromatic carbocycles. The van der Waals surface area contributed by atoms with Gasteiger partial charge >= 0.3 is 0 Å². The smallest absolute Gasteiger partial charge is 0.275 e. The number of anilines is 1. The number of hydrogen-bond donors (Lipinski definition) is 1. The van der Waals surface area contributed by atoms with Gasteiger partial charge in [-0.2, -0.15) is 0 Å². The molecule has 0 fully saturated rings. The van der Waals surface area contributed by atoms with E-state index in [2.05, 4.69) is 42.2 Å². The van der Waals surface area contributed by atoms with Crippen molar-refractivity contribution in [1.29, 1.82) is 0 Å². The zero-order chi connectivity index (χ0) is 14.7. The summed E-state index contributed by atoms with van der Waals surface area (Å²) in [5.74, 6) is 0. The van der Waals surface area contributed by atoms with Crippen molar-refractivity contribution < 1.29 is 4.92 Å². The summed E-state index contributed by atoms with van der Waals surface area (Å²) < 4.78 is 1.44. The van der Waals surface area contributed by atoms with Crippen LogP contribution in [-0.4, -0.2) is 9.91 Å². The standard InChI is InChI=1S/C12H8Br2ClN3O2/c13-8-2-1-7(11(4-8)18(19)20)5-16-10-3-9(14)6-17-12(10)15/h1-4,6,16H,5H2. The van der Waals surface area contributed by atoms with Crippen LogP contribution in [0.5, 0.6) is 0 Å². The first-order valence-corrected chi connectivity index (χ1v) is 7.41. The summed E-state index contributed by atoms with van der Waals surface area (Å²) in [5.41, 5.74) is 1.22. The average Bonchev–Trinajstić information content (AvgIpc) is 2.40. The highest BCUT2D eigenvalue weighted by molar-refractivity contribution is 9.10. The third kappa shape index (κ3) is 3.68. The Balaban J connectivity index is 2.23. The summed E-state index contributed by atoms with van der Waals surface area (Å²) in [4.78, 5) is 14.6. The molecule has 104 valence electrons. The molecule has 20 heavy (non-hydrogen) atoms. The number of aromatic nitrogens is 1. The van der Waals surface area contributed by atoms with Crippen molar-refractivity contribution in [2.24, 2.45) is 0 Å². The van der Waals surface area contributed by atoms with Gasteiger partial charge in [-0.1, -0.05) is 27.5 Å². The van der Waals surface area contributed by atoms with Crippen LogP contribution in [0.1, 0.15) is 5.56 Å². The Labute approximate surface area is 136 Å². The van der Waals surface area contributed by atoms with Crippen LogP contribution in [0.25, 0.3) is 0 Å². The molecule has 1 heterocycles. The fourth-order valence-electron chi connectivity index (χ4n) is 1.59. The van der Waals surface area contributed by atoms with E-state index >= 15 is 0 Å². The fraction of sp³-hybridized carbons (Fsp3) is 0.0833. The molecular weight excluding hydrogens is 413 g/mol. The van der Waals surface area contributed by atoms with Crippen molar-refractivity contribution in [3.63, 3.8) is 0 Å². The van der Waals surface area contributed by atoms with Gasteiger partial charge in [0.2, 0.25) is 0 Å². The van der Waals surface area contributed by atoms with Crippen LogP contribution < -0.4 is 5.32 Å². The van der Waals surface area contributed by atoms with Gasteiger partial charge in [-0.05, 0) is 34.1 Å². The van der Waals surface area contributed by atoms with Gasteiger partial charge in [-0.3, -0.25) is 10.1 Å². The van der Waals surface area contributed by atoms with E-state index in [0.717, 1.165) is 4.47 Å². The van der Waals surface area contributed by atoms with Crippen LogP contribution in [0, 0.1) is 10.1 Å². The normalized spacial score (nSPS) is 10.3. The van der Waals surface area contributed by atoms with E-state index in [1.165, 1.54) is 6.07 Å². The van der Waals surface area contributed by atoms with Crippen LogP contribution in [-0.2, 0) is 6.54 Å². The predicted molar refractivity (Wildman–Crippen MR) is 85.1 cm³/mol. The lowest BCUT2D eigenvalue weighted by Crippen LogP contribution is -2.04. The molecule has 0 atom stereocenters. The Morgan fingerprint density at radius 1 is 1.30 bits per heavy atom. The molecule has 0 spiro atoms. The largest absolute Gasteiger partial charge is 0.378 e. The van der Waals surface area contributed by atoms with Gasteiger partial charge in [-0.25, -0.2) is 4.98 Å². The van der Waals surface area contributed by atoms with Gasteiger partial charge in [0, 0.05) is 33.3 Å². The minimum Gasteiger partial charge on any atom is -0.378 e. The zero-order valence-corrected chi connectivity index (χ0v) is 13.9. The molecule has 0 saturated carbocycles. The molecule has 0 aliphatic carbocycles. The summed E-state index contributed by atoms with van der Waals surface area (Å²) in [7, 11) is 0. The molecule has 2 aromatic rings. The maximum absolute atomic E-state index is 11.0. The topological polar surface area (TPSA) is 68.1 Å². The van der Waals surface area contributed by atoms with Crippen molar-refractivity contribution in [2.45, 2.75) is 6.54 Å².